The van der Waals surface area contributed by atoms with Gasteiger partial charge in [-0.05, 0) is 57.4 Å². The van der Waals surface area contributed by atoms with E-state index in [4.69, 9.17) is 9.15 Å². The van der Waals surface area contributed by atoms with Gasteiger partial charge in [0.05, 0.1) is 13.4 Å². The van der Waals surface area contributed by atoms with Crippen molar-refractivity contribution in [2.75, 3.05) is 7.11 Å². The largest absolute Gasteiger partial charge is 0.496 e. The molecule has 1 aromatic heterocycles. The summed E-state index contributed by atoms with van der Waals surface area (Å²) in [5.41, 5.74) is 7.08. The zero-order valence-electron chi connectivity index (χ0n) is 17.3. The first kappa shape index (κ1) is 19.7. The summed E-state index contributed by atoms with van der Waals surface area (Å²) in [4.78, 5) is 12.2. The highest BCUT2D eigenvalue weighted by molar-refractivity contribution is 6.00. The summed E-state index contributed by atoms with van der Waals surface area (Å²) in [5.74, 6) is 0.566. The van der Waals surface area contributed by atoms with Crippen LogP contribution in [0, 0.1) is 13.8 Å². The Balaban J connectivity index is 2.13. The smallest absolute Gasteiger partial charge is 0.244 e. The number of fused-ring (bicyclic) bond motifs is 1. The van der Waals surface area contributed by atoms with E-state index in [-0.39, 0.29) is 11.9 Å². The molecule has 3 rings (SSSR count). The molecule has 0 atom stereocenters. The van der Waals surface area contributed by atoms with Crippen LogP contribution < -0.4 is 10.1 Å². The van der Waals surface area contributed by atoms with Gasteiger partial charge in [0, 0.05) is 34.7 Å². The normalized spacial score (nSPS) is 11.9. The van der Waals surface area contributed by atoms with Crippen LogP contribution in [0.2, 0.25) is 0 Å². The number of nitrogens with one attached hydrogen (secondary N) is 1. The first-order valence-electron chi connectivity index (χ1n) is 9.46. The molecule has 0 unspecified atom stereocenters. The van der Waals surface area contributed by atoms with Gasteiger partial charge in [0.15, 0.2) is 0 Å². The Labute approximate surface area is 166 Å². The van der Waals surface area contributed by atoms with E-state index in [0.717, 1.165) is 33.2 Å². The van der Waals surface area contributed by atoms with E-state index in [1.54, 1.807) is 19.4 Å². The average molecular weight is 377 g/mol. The second kappa shape index (κ2) is 7.93. The summed E-state index contributed by atoms with van der Waals surface area (Å²) in [6.07, 6.45) is 3.40. The van der Waals surface area contributed by atoms with E-state index in [0.29, 0.717) is 5.75 Å². The lowest BCUT2D eigenvalue weighted by Gasteiger charge is -2.11. The highest BCUT2D eigenvalue weighted by Gasteiger charge is 2.16. The third-order valence-electron chi connectivity index (χ3n) is 4.77. The SMILES string of the molecule is COc1cc2occ(-c3ccc(C)cc3C)c2cc1/C(C)=C/C(=O)NC(C)C. The minimum Gasteiger partial charge on any atom is -0.496 e. The van der Waals surface area contributed by atoms with Gasteiger partial charge >= 0.3 is 0 Å². The van der Waals surface area contributed by atoms with E-state index in [1.165, 1.54) is 11.1 Å². The monoisotopic (exact) mass is 377 g/mol. The fraction of sp³-hybridized carbons (Fsp3) is 0.292. The number of hydrogen-bond donors (Lipinski definition) is 1. The van der Waals surface area contributed by atoms with Crippen molar-refractivity contribution in [3.05, 3.63) is 59.4 Å². The lowest BCUT2D eigenvalue weighted by atomic mass is 9.96. The Morgan fingerprint density at radius 2 is 1.89 bits per heavy atom. The van der Waals surface area contributed by atoms with Crippen LogP contribution in [-0.4, -0.2) is 19.1 Å². The van der Waals surface area contributed by atoms with Gasteiger partial charge in [0.25, 0.3) is 0 Å². The molecule has 0 bridgehead atoms. The van der Waals surface area contributed by atoms with Crippen molar-refractivity contribution in [1.82, 2.24) is 5.32 Å². The lowest BCUT2D eigenvalue weighted by Crippen LogP contribution is -2.28. The van der Waals surface area contributed by atoms with Crippen molar-refractivity contribution >= 4 is 22.4 Å². The van der Waals surface area contributed by atoms with E-state index >= 15 is 0 Å². The van der Waals surface area contributed by atoms with Crippen LogP contribution in [-0.2, 0) is 4.79 Å². The number of methoxy groups -OCH3 is 1. The van der Waals surface area contributed by atoms with E-state index in [9.17, 15) is 4.79 Å². The van der Waals surface area contributed by atoms with Gasteiger partial charge < -0.3 is 14.5 Å². The fourth-order valence-electron chi connectivity index (χ4n) is 3.46. The number of furan rings is 1. The molecule has 146 valence electrons. The van der Waals surface area contributed by atoms with Gasteiger partial charge in [-0.1, -0.05) is 23.8 Å². The quantitative estimate of drug-likeness (QED) is 0.584. The van der Waals surface area contributed by atoms with Crippen LogP contribution in [0.25, 0.3) is 27.7 Å². The zero-order valence-corrected chi connectivity index (χ0v) is 17.3. The second-order valence-electron chi connectivity index (χ2n) is 7.51. The van der Waals surface area contributed by atoms with Crippen LogP contribution in [0.15, 0.2) is 47.1 Å². The third-order valence-corrected chi connectivity index (χ3v) is 4.77. The van der Waals surface area contributed by atoms with Gasteiger partial charge in [-0.3, -0.25) is 4.79 Å². The first-order chi connectivity index (χ1) is 13.3. The highest BCUT2D eigenvalue weighted by atomic mass is 16.5. The summed E-state index contributed by atoms with van der Waals surface area (Å²) in [5, 5.41) is 3.89. The Kier molecular flexibility index (Phi) is 5.59. The molecule has 0 spiro atoms. The predicted molar refractivity (Wildman–Crippen MR) is 115 cm³/mol. The minimum atomic E-state index is -0.114. The molecule has 4 heteroatoms. The molecule has 1 amide bonds. The average Bonchev–Trinajstić information content (AvgIpc) is 3.02. The molecule has 2 aromatic carbocycles. The molecular weight excluding hydrogens is 350 g/mol. The molecule has 0 saturated heterocycles. The van der Waals surface area contributed by atoms with Gasteiger partial charge in [0.2, 0.25) is 5.91 Å². The van der Waals surface area contributed by atoms with Crippen molar-refractivity contribution < 1.29 is 13.9 Å². The van der Waals surface area contributed by atoms with Crippen molar-refractivity contribution in [2.45, 2.75) is 40.7 Å². The summed E-state index contributed by atoms with van der Waals surface area (Å²) >= 11 is 0. The van der Waals surface area contributed by atoms with Crippen LogP contribution >= 0.6 is 0 Å². The highest BCUT2D eigenvalue weighted by Crippen LogP contribution is 2.38. The summed E-state index contributed by atoms with van der Waals surface area (Å²) in [6, 6.07) is 10.4. The van der Waals surface area contributed by atoms with E-state index in [2.05, 4.69) is 37.4 Å². The minimum absolute atomic E-state index is 0.0888. The standard InChI is InChI=1S/C24H27NO3/c1-14(2)25-24(26)10-17(5)19-11-20-21(13-28-23(20)12-22(19)27-6)18-8-7-15(3)9-16(18)4/h7-14H,1-6H3,(H,25,26)/b17-10+. The van der Waals surface area contributed by atoms with Crippen molar-refractivity contribution in [3.8, 4) is 16.9 Å². The number of ether oxygens (including phenoxy) is 1. The van der Waals surface area contributed by atoms with Gasteiger partial charge in [-0.2, -0.15) is 0 Å². The van der Waals surface area contributed by atoms with E-state index < -0.39 is 0 Å². The van der Waals surface area contributed by atoms with Crippen LogP contribution in [0.1, 0.15) is 37.5 Å². The molecule has 3 aromatic rings. The molecule has 1 heterocycles. The Morgan fingerprint density at radius 3 is 2.54 bits per heavy atom. The summed E-state index contributed by atoms with van der Waals surface area (Å²) < 4.78 is 11.4. The molecule has 0 aliphatic carbocycles. The van der Waals surface area contributed by atoms with Crippen molar-refractivity contribution in [2.24, 2.45) is 0 Å². The Bertz CT molecular complexity index is 1060. The van der Waals surface area contributed by atoms with Gasteiger partial charge in [0.1, 0.15) is 11.3 Å². The fourth-order valence-corrected chi connectivity index (χ4v) is 3.46. The third kappa shape index (κ3) is 3.96. The maximum atomic E-state index is 12.2. The number of allylic oxidation sites excluding steroid dienone is 1. The summed E-state index contributed by atoms with van der Waals surface area (Å²) in [7, 11) is 1.63. The Hall–Kier alpha value is -3.01. The molecule has 1 N–H and O–H groups in total. The molecule has 0 fully saturated rings. The van der Waals surface area contributed by atoms with Gasteiger partial charge in [-0.25, -0.2) is 0 Å². The van der Waals surface area contributed by atoms with Crippen LogP contribution in [0.3, 0.4) is 0 Å². The molecule has 0 radical (unpaired) electrons. The molecule has 4 nitrogen and oxygen atoms in total. The number of aryl methyl sites for hydroxylation is 2. The number of carbonyl (C=O) groups excluding carboxylic acids is 1. The maximum absolute atomic E-state index is 12.2. The van der Waals surface area contributed by atoms with Crippen LogP contribution in [0.5, 0.6) is 5.75 Å². The molecule has 0 aliphatic rings. The number of rotatable bonds is 5. The lowest BCUT2D eigenvalue weighted by molar-refractivity contribution is -0.116. The van der Waals surface area contributed by atoms with Crippen LogP contribution in [0.4, 0.5) is 0 Å². The summed E-state index contributed by atoms with van der Waals surface area (Å²) in [6.45, 7) is 9.99. The molecule has 28 heavy (non-hydrogen) atoms. The van der Waals surface area contributed by atoms with E-state index in [1.807, 2.05) is 32.9 Å². The van der Waals surface area contributed by atoms with Crippen molar-refractivity contribution in [3.63, 3.8) is 0 Å². The number of amides is 1. The Morgan fingerprint density at radius 1 is 1.14 bits per heavy atom. The predicted octanol–water partition coefficient (Wildman–Crippen LogP) is 5.65. The van der Waals surface area contributed by atoms with Crippen molar-refractivity contribution in [1.29, 1.82) is 0 Å². The number of benzene rings is 2. The second-order valence-corrected chi connectivity index (χ2v) is 7.51. The first-order valence-corrected chi connectivity index (χ1v) is 9.46. The molecule has 0 saturated carbocycles. The zero-order chi connectivity index (χ0) is 20.4. The maximum Gasteiger partial charge on any atom is 0.244 e. The topological polar surface area (TPSA) is 51.5 Å². The molecule has 0 aliphatic heterocycles. The van der Waals surface area contributed by atoms with Gasteiger partial charge in [-0.15, -0.1) is 0 Å². The number of hydrogen-bond acceptors (Lipinski definition) is 3. The number of carbonyl (C=O) groups is 1. The molecular formula is C24H27NO3.